The fraction of sp³-hybridized carbons (Fsp3) is 0.0833. The highest BCUT2D eigenvalue weighted by atomic mass is 35.5. The Balaban J connectivity index is 1.94. The Morgan fingerprint density at radius 2 is 1.73 bits per heavy atom. The summed E-state index contributed by atoms with van der Waals surface area (Å²) in [6, 6.07) is 21.0. The van der Waals surface area contributed by atoms with Gasteiger partial charge in [-0.25, -0.2) is 0 Å². The molecule has 0 saturated heterocycles. The van der Waals surface area contributed by atoms with Crippen LogP contribution in [0, 0.1) is 11.3 Å². The Bertz CT molecular complexity index is 1320. The quantitative estimate of drug-likeness (QED) is 0.273. The Hall–Kier alpha value is -3.80. The summed E-state index contributed by atoms with van der Waals surface area (Å²) in [5.74, 6) is -0.743. The molecule has 0 spiro atoms. The molecular formula is C24H19ClN2O5S. The van der Waals surface area contributed by atoms with E-state index in [4.69, 9.17) is 20.5 Å². The van der Waals surface area contributed by atoms with Gasteiger partial charge in [0, 0.05) is 5.69 Å². The van der Waals surface area contributed by atoms with Gasteiger partial charge in [0.05, 0.1) is 11.6 Å². The largest absolute Gasteiger partial charge is 0.490 e. The van der Waals surface area contributed by atoms with Crippen LogP contribution in [-0.4, -0.2) is 20.9 Å². The molecule has 3 aromatic carbocycles. The number of halogens is 1. The fourth-order valence-corrected chi connectivity index (χ4v) is 4.08. The molecule has 0 saturated carbocycles. The highest BCUT2D eigenvalue weighted by Crippen LogP contribution is 2.39. The maximum absolute atomic E-state index is 12.6. The van der Waals surface area contributed by atoms with Crippen LogP contribution in [-0.2, 0) is 14.9 Å². The maximum Gasteiger partial charge on any atom is 0.339 e. The molecule has 0 fully saturated rings. The van der Waals surface area contributed by atoms with Crippen molar-refractivity contribution < 1.29 is 22.1 Å². The van der Waals surface area contributed by atoms with Crippen LogP contribution in [0.15, 0.2) is 83.3 Å². The van der Waals surface area contributed by atoms with E-state index in [2.05, 4.69) is 5.32 Å². The highest BCUT2D eigenvalue weighted by molar-refractivity contribution is 7.87. The average Bonchev–Trinajstić information content (AvgIpc) is 2.81. The Morgan fingerprint density at radius 3 is 2.33 bits per heavy atom. The Labute approximate surface area is 197 Å². The monoisotopic (exact) mass is 482 g/mol. The molecule has 168 valence electrons. The number of amides is 1. The summed E-state index contributed by atoms with van der Waals surface area (Å²) < 4.78 is 36.1. The number of carbonyl (C=O) groups excluding carboxylic acids is 1. The molecule has 1 amide bonds. The molecular weight excluding hydrogens is 464 g/mol. The van der Waals surface area contributed by atoms with E-state index in [1.165, 1.54) is 30.3 Å². The van der Waals surface area contributed by atoms with Crippen LogP contribution in [0.1, 0.15) is 12.5 Å². The first-order valence-corrected chi connectivity index (χ1v) is 11.6. The predicted octanol–water partition coefficient (Wildman–Crippen LogP) is 5.05. The Morgan fingerprint density at radius 1 is 1.09 bits per heavy atom. The number of nitrogens with zero attached hydrogens (tertiary/aromatic N) is 1. The van der Waals surface area contributed by atoms with Gasteiger partial charge in [-0.1, -0.05) is 48.0 Å². The average molecular weight is 483 g/mol. The molecule has 3 aromatic rings. The number of carbonyl (C=O) groups is 1. The number of rotatable bonds is 8. The minimum absolute atomic E-state index is 0.0446. The number of anilines is 1. The van der Waals surface area contributed by atoms with Crippen molar-refractivity contribution in [1.29, 1.82) is 5.26 Å². The summed E-state index contributed by atoms with van der Waals surface area (Å²) in [4.78, 5) is 12.4. The first-order valence-electron chi connectivity index (χ1n) is 9.78. The molecule has 7 nitrogen and oxygen atoms in total. The van der Waals surface area contributed by atoms with Gasteiger partial charge < -0.3 is 14.2 Å². The first-order chi connectivity index (χ1) is 15.8. The highest BCUT2D eigenvalue weighted by Gasteiger charge is 2.22. The van der Waals surface area contributed by atoms with E-state index in [0.29, 0.717) is 11.3 Å². The van der Waals surface area contributed by atoms with Crippen LogP contribution in [0.2, 0.25) is 5.02 Å². The van der Waals surface area contributed by atoms with Crippen LogP contribution in [0.3, 0.4) is 0 Å². The lowest BCUT2D eigenvalue weighted by molar-refractivity contribution is -0.112. The minimum Gasteiger partial charge on any atom is -0.490 e. The fourth-order valence-electron chi connectivity index (χ4n) is 2.80. The Kier molecular flexibility index (Phi) is 7.72. The summed E-state index contributed by atoms with van der Waals surface area (Å²) in [5, 5.41) is 12.0. The van der Waals surface area contributed by atoms with Crippen LogP contribution >= 0.6 is 11.6 Å². The van der Waals surface area contributed by atoms with E-state index in [9.17, 15) is 18.5 Å². The molecule has 33 heavy (non-hydrogen) atoms. The van der Waals surface area contributed by atoms with E-state index >= 15 is 0 Å². The number of para-hydroxylation sites is 1. The van der Waals surface area contributed by atoms with Gasteiger partial charge in [0.1, 0.15) is 16.5 Å². The van der Waals surface area contributed by atoms with E-state index in [0.717, 1.165) is 0 Å². The van der Waals surface area contributed by atoms with Crippen LogP contribution < -0.4 is 14.2 Å². The van der Waals surface area contributed by atoms with Crippen molar-refractivity contribution in [1.82, 2.24) is 0 Å². The van der Waals surface area contributed by atoms with Crippen molar-refractivity contribution in [2.45, 2.75) is 11.8 Å². The molecule has 0 atom stereocenters. The molecule has 0 radical (unpaired) electrons. The van der Waals surface area contributed by atoms with Gasteiger partial charge in [-0.2, -0.15) is 13.7 Å². The normalized spacial score (nSPS) is 11.4. The molecule has 3 rings (SSSR count). The molecule has 0 heterocycles. The minimum atomic E-state index is -4.16. The molecule has 0 bridgehead atoms. The zero-order chi connectivity index (χ0) is 23.8. The number of hydrogen-bond donors (Lipinski definition) is 1. The second-order valence-electron chi connectivity index (χ2n) is 6.60. The van der Waals surface area contributed by atoms with E-state index in [1.807, 2.05) is 6.07 Å². The van der Waals surface area contributed by atoms with Crippen molar-refractivity contribution >= 4 is 39.4 Å². The lowest BCUT2D eigenvalue weighted by Crippen LogP contribution is -2.13. The molecule has 0 aliphatic rings. The third-order valence-electron chi connectivity index (χ3n) is 4.26. The zero-order valence-electron chi connectivity index (χ0n) is 17.5. The summed E-state index contributed by atoms with van der Waals surface area (Å²) in [6.45, 7) is 1.91. The van der Waals surface area contributed by atoms with Gasteiger partial charge in [0.25, 0.3) is 5.91 Å². The lowest BCUT2D eigenvalue weighted by atomic mass is 10.1. The topological polar surface area (TPSA) is 105 Å². The summed E-state index contributed by atoms with van der Waals surface area (Å²) in [5.41, 5.74) is 0.710. The smallest absolute Gasteiger partial charge is 0.339 e. The summed E-state index contributed by atoms with van der Waals surface area (Å²) in [7, 11) is -4.16. The van der Waals surface area contributed by atoms with Gasteiger partial charge in [-0.15, -0.1) is 0 Å². The van der Waals surface area contributed by atoms with E-state index < -0.39 is 16.0 Å². The standard InChI is InChI=1S/C24H19ClN2O5S/c1-2-31-22-15-17(13-18(16-26)24(28)27-19-9-5-3-6-10-19)14-21(25)23(22)32-33(29,30)20-11-7-4-8-12-20/h3-15H,2H2,1H3,(H,27,28)/b18-13+. The van der Waals surface area contributed by atoms with Gasteiger partial charge in [-0.05, 0) is 55.0 Å². The molecule has 0 aromatic heterocycles. The van der Waals surface area contributed by atoms with E-state index in [-0.39, 0.29) is 33.6 Å². The van der Waals surface area contributed by atoms with Gasteiger partial charge in [0.15, 0.2) is 5.75 Å². The molecule has 0 aliphatic heterocycles. The third-order valence-corrected chi connectivity index (χ3v) is 5.78. The molecule has 0 unspecified atom stereocenters. The van der Waals surface area contributed by atoms with Crippen molar-refractivity contribution in [3.8, 4) is 17.6 Å². The number of benzene rings is 3. The van der Waals surface area contributed by atoms with Gasteiger partial charge in [-0.3, -0.25) is 4.79 Å². The second kappa shape index (κ2) is 10.7. The summed E-state index contributed by atoms with van der Waals surface area (Å²) in [6.07, 6.45) is 1.32. The van der Waals surface area contributed by atoms with E-state index in [1.54, 1.807) is 55.5 Å². The van der Waals surface area contributed by atoms with Crippen molar-refractivity contribution in [3.05, 3.63) is 89.0 Å². The third kappa shape index (κ3) is 6.13. The molecule has 0 aliphatic carbocycles. The number of hydrogen-bond acceptors (Lipinski definition) is 6. The predicted molar refractivity (Wildman–Crippen MR) is 126 cm³/mol. The first kappa shape index (κ1) is 23.9. The summed E-state index contributed by atoms with van der Waals surface area (Å²) >= 11 is 6.32. The van der Waals surface area contributed by atoms with Crippen LogP contribution in [0.4, 0.5) is 5.69 Å². The molecule has 9 heteroatoms. The van der Waals surface area contributed by atoms with Crippen molar-refractivity contribution in [2.24, 2.45) is 0 Å². The van der Waals surface area contributed by atoms with Crippen LogP contribution in [0.25, 0.3) is 6.08 Å². The number of ether oxygens (including phenoxy) is 1. The van der Waals surface area contributed by atoms with Gasteiger partial charge in [0.2, 0.25) is 5.75 Å². The van der Waals surface area contributed by atoms with Crippen molar-refractivity contribution in [3.63, 3.8) is 0 Å². The van der Waals surface area contributed by atoms with Gasteiger partial charge >= 0.3 is 10.1 Å². The molecule has 1 N–H and O–H groups in total. The zero-order valence-corrected chi connectivity index (χ0v) is 19.1. The van der Waals surface area contributed by atoms with Crippen molar-refractivity contribution in [2.75, 3.05) is 11.9 Å². The number of nitriles is 1. The number of nitrogens with one attached hydrogen (secondary N) is 1. The second-order valence-corrected chi connectivity index (χ2v) is 8.56. The van der Waals surface area contributed by atoms with Crippen LogP contribution in [0.5, 0.6) is 11.5 Å². The SMILES string of the molecule is CCOc1cc(/C=C(\C#N)C(=O)Nc2ccccc2)cc(Cl)c1OS(=O)(=O)c1ccccc1. The maximum atomic E-state index is 12.6. The lowest BCUT2D eigenvalue weighted by Gasteiger charge is -2.14.